The Morgan fingerprint density at radius 3 is 2.45 bits per heavy atom. The molecule has 0 spiro atoms. The van der Waals surface area contributed by atoms with Gasteiger partial charge in [-0.25, -0.2) is 21.6 Å². The lowest BCUT2D eigenvalue weighted by atomic mass is 10.1. The molecule has 12 heteroatoms. The fourth-order valence-electron chi connectivity index (χ4n) is 3.03. The van der Waals surface area contributed by atoms with Crippen molar-refractivity contribution < 1.29 is 39.9 Å². The molecule has 29 heavy (non-hydrogen) atoms. The van der Waals surface area contributed by atoms with E-state index in [0.717, 1.165) is 24.3 Å². The second-order valence-corrected chi connectivity index (χ2v) is 8.17. The van der Waals surface area contributed by atoms with Crippen molar-refractivity contribution in [3.8, 4) is 6.07 Å². The van der Waals surface area contributed by atoms with Crippen LogP contribution in [0.2, 0.25) is 0 Å². The molecule has 5 nitrogen and oxygen atoms in total. The molecule has 0 aliphatic heterocycles. The average molecular weight is 436 g/mol. The SMILES string of the molecule is N#Cc1cc(F)cc(Nc2ccc(S(=O)(=O)C(F)(F)F)c3c2CC(F)(F)[C@H]3O)c1. The highest BCUT2D eigenvalue weighted by Crippen LogP contribution is 2.50. The average Bonchev–Trinajstić information content (AvgIpc) is 2.84. The van der Waals surface area contributed by atoms with Crippen molar-refractivity contribution in [2.24, 2.45) is 0 Å². The molecule has 0 radical (unpaired) electrons. The minimum absolute atomic E-state index is 0.0834. The van der Waals surface area contributed by atoms with E-state index in [-0.39, 0.29) is 16.9 Å². The number of alkyl halides is 5. The van der Waals surface area contributed by atoms with Gasteiger partial charge in [-0.1, -0.05) is 0 Å². The predicted molar refractivity (Wildman–Crippen MR) is 87.7 cm³/mol. The summed E-state index contributed by atoms with van der Waals surface area (Å²) in [5.41, 5.74) is -7.86. The molecule has 154 valence electrons. The standard InChI is InChI=1S/C17H10F6N2O3S/c18-9-3-8(7-24)4-10(5-9)25-12-1-2-13(29(27,28)17(21,22)23)14-11(12)6-16(19,20)15(14)26/h1-5,15,25-26H,6H2/t15-/m0/s1. The van der Waals surface area contributed by atoms with Gasteiger partial charge >= 0.3 is 5.51 Å². The minimum Gasteiger partial charge on any atom is -0.382 e. The Hall–Kier alpha value is -2.78. The zero-order chi connectivity index (χ0) is 21.8. The fraction of sp³-hybridized carbons (Fsp3) is 0.235. The molecule has 2 aromatic carbocycles. The van der Waals surface area contributed by atoms with Gasteiger partial charge < -0.3 is 10.4 Å². The number of hydrogen-bond acceptors (Lipinski definition) is 5. The summed E-state index contributed by atoms with van der Waals surface area (Å²) in [7, 11) is -6.02. The third-order valence-corrected chi connectivity index (χ3v) is 5.85. The predicted octanol–water partition coefficient (Wildman–Crippen LogP) is 3.96. The third-order valence-electron chi connectivity index (χ3n) is 4.30. The second-order valence-electron chi connectivity index (χ2n) is 6.26. The lowest BCUT2D eigenvalue weighted by molar-refractivity contribution is -0.0977. The molecule has 2 aromatic rings. The number of rotatable bonds is 3. The van der Waals surface area contributed by atoms with Crippen LogP contribution in [0.1, 0.15) is 22.8 Å². The van der Waals surface area contributed by atoms with Gasteiger partial charge in [0, 0.05) is 23.4 Å². The summed E-state index contributed by atoms with van der Waals surface area (Å²) in [6.07, 6.45) is -4.03. The first-order chi connectivity index (χ1) is 13.3. The summed E-state index contributed by atoms with van der Waals surface area (Å²) in [6, 6.07) is 5.87. The van der Waals surface area contributed by atoms with Crippen molar-refractivity contribution in [2.75, 3.05) is 5.32 Å². The molecule has 0 saturated carbocycles. The number of hydrogen-bond donors (Lipinski definition) is 2. The highest BCUT2D eigenvalue weighted by atomic mass is 32.2. The van der Waals surface area contributed by atoms with E-state index < -0.39 is 55.6 Å². The molecule has 3 rings (SSSR count). The smallest absolute Gasteiger partial charge is 0.382 e. The van der Waals surface area contributed by atoms with Crippen LogP contribution in [0.4, 0.5) is 37.7 Å². The van der Waals surface area contributed by atoms with Crippen LogP contribution in [-0.4, -0.2) is 25.0 Å². The van der Waals surface area contributed by atoms with Gasteiger partial charge in [0.1, 0.15) is 11.9 Å². The van der Waals surface area contributed by atoms with Gasteiger partial charge in [0.25, 0.3) is 15.8 Å². The zero-order valence-corrected chi connectivity index (χ0v) is 14.9. The van der Waals surface area contributed by atoms with Gasteiger partial charge in [-0.3, -0.25) is 0 Å². The normalized spacial score (nSPS) is 18.2. The van der Waals surface area contributed by atoms with Gasteiger partial charge in [0.15, 0.2) is 0 Å². The van der Waals surface area contributed by atoms with Crippen molar-refractivity contribution >= 4 is 21.2 Å². The first-order valence-corrected chi connectivity index (χ1v) is 9.27. The van der Waals surface area contributed by atoms with Crippen LogP contribution in [0.15, 0.2) is 35.2 Å². The summed E-state index contributed by atoms with van der Waals surface area (Å²) < 4.78 is 104. The van der Waals surface area contributed by atoms with Gasteiger partial charge in [-0.15, -0.1) is 0 Å². The van der Waals surface area contributed by atoms with Crippen molar-refractivity contribution in [1.29, 1.82) is 5.26 Å². The second kappa shape index (κ2) is 6.64. The molecule has 2 N–H and O–H groups in total. The van der Waals surface area contributed by atoms with Crippen LogP contribution in [0.25, 0.3) is 0 Å². The van der Waals surface area contributed by atoms with E-state index in [1.54, 1.807) is 6.07 Å². The van der Waals surface area contributed by atoms with E-state index in [0.29, 0.717) is 6.07 Å². The number of fused-ring (bicyclic) bond motifs is 1. The summed E-state index contributed by atoms with van der Waals surface area (Å²) >= 11 is 0. The van der Waals surface area contributed by atoms with Crippen LogP contribution >= 0.6 is 0 Å². The molecule has 1 atom stereocenters. The Labute approximate surface area is 160 Å². The maximum absolute atomic E-state index is 14.0. The number of sulfone groups is 1. The van der Waals surface area contributed by atoms with Crippen molar-refractivity contribution in [2.45, 2.75) is 28.9 Å². The molecule has 0 bridgehead atoms. The topological polar surface area (TPSA) is 90.2 Å². The Bertz CT molecular complexity index is 1140. The Balaban J connectivity index is 2.19. The molecular formula is C17H10F6N2O3S. The van der Waals surface area contributed by atoms with Crippen LogP contribution < -0.4 is 5.32 Å². The Kier molecular flexibility index (Phi) is 4.79. The van der Waals surface area contributed by atoms with Crippen LogP contribution in [0.3, 0.4) is 0 Å². The highest BCUT2D eigenvalue weighted by molar-refractivity contribution is 7.92. The number of halogens is 6. The van der Waals surface area contributed by atoms with Crippen LogP contribution in [-0.2, 0) is 16.3 Å². The van der Waals surface area contributed by atoms with Gasteiger partial charge in [0.05, 0.1) is 16.5 Å². The lowest BCUT2D eigenvalue weighted by Crippen LogP contribution is -2.26. The molecule has 0 aromatic heterocycles. The van der Waals surface area contributed by atoms with Crippen molar-refractivity contribution in [3.05, 3.63) is 52.8 Å². The summed E-state index contributed by atoms with van der Waals surface area (Å²) in [5.74, 6) is -4.76. The molecule has 1 aliphatic carbocycles. The summed E-state index contributed by atoms with van der Waals surface area (Å²) in [4.78, 5) is -1.48. The Morgan fingerprint density at radius 2 is 1.86 bits per heavy atom. The molecule has 0 unspecified atom stereocenters. The van der Waals surface area contributed by atoms with E-state index in [2.05, 4.69) is 5.32 Å². The van der Waals surface area contributed by atoms with E-state index >= 15 is 0 Å². The van der Waals surface area contributed by atoms with Gasteiger partial charge in [-0.05, 0) is 35.9 Å². The quantitative estimate of drug-likeness (QED) is 0.711. The number of anilines is 2. The highest BCUT2D eigenvalue weighted by Gasteiger charge is 2.54. The summed E-state index contributed by atoms with van der Waals surface area (Å²) in [5, 5.41) is 21.2. The van der Waals surface area contributed by atoms with E-state index in [4.69, 9.17) is 5.26 Å². The van der Waals surface area contributed by atoms with Crippen LogP contribution in [0, 0.1) is 17.1 Å². The molecule has 1 aliphatic rings. The fourth-order valence-corrected chi connectivity index (χ4v) is 4.06. The largest absolute Gasteiger partial charge is 0.501 e. The van der Waals surface area contributed by atoms with Crippen molar-refractivity contribution in [3.63, 3.8) is 0 Å². The zero-order valence-electron chi connectivity index (χ0n) is 14.1. The maximum atomic E-state index is 14.0. The molecule has 0 amide bonds. The third kappa shape index (κ3) is 3.51. The van der Waals surface area contributed by atoms with E-state index in [1.807, 2.05) is 0 Å². The number of nitrogens with zero attached hydrogens (tertiary/aromatic N) is 1. The Morgan fingerprint density at radius 1 is 1.21 bits per heavy atom. The van der Waals surface area contributed by atoms with Gasteiger partial charge in [-0.2, -0.15) is 18.4 Å². The number of aliphatic hydroxyl groups excluding tert-OH is 1. The number of nitriles is 1. The molecule has 0 heterocycles. The lowest BCUT2D eigenvalue weighted by Gasteiger charge is -2.18. The molecule has 0 fully saturated rings. The first kappa shape index (κ1) is 20.9. The number of aliphatic hydroxyl groups is 1. The van der Waals surface area contributed by atoms with Gasteiger partial charge in [0.2, 0.25) is 0 Å². The monoisotopic (exact) mass is 436 g/mol. The number of nitrogens with one attached hydrogen (secondary N) is 1. The number of benzene rings is 2. The minimum atomic E-state index is -6.02. The first-order valence-electron chi connectivity index (χ1n) is 7.78. The molecular weight excluding hydrogens is 426 g/mol. The maximum Gasteiger partial charge on any atom is 0.501 e. The molecule has 0 saturated heterocycles. The van der Waals surface area contributed by atoms with Crippen LogP contribution in [0.5, 0.6) is 0 Å². The van der Waals surface area contributed by atoms with E-state index in [9.17, 15) is 39.9 Å². The van der Waals surface area contributed by atoms with Crippen molar-refractivity contribution in [1.82, 2.24) is 0 Å². The summed E-state index contributed by atoms with van der Waals surface area (Å²) in [6.45, 7) is 0. The van der Waals surface area contributed by atoms with E-state index in [1.165, 1.54) is 0 Å².